The Bertz CT molecular complexity index is 557. The highest BCUT2D eigenvalue weighted by Crippen LogP contribution is 2.26. The van der Waals surface area contributed by atoms with Crippen molar-refractivity contribution in [2.24, 2.45) is 5.73 Å². The summed E-state index contributed by atoms with van der Waals surface area (Å²) in [4.78, 5) is 4.03. The maximum Gasteiger partial charge on any atom is 0.140 e. The molecule has 0 saturated heterocycles. The average Bonchev–Trinajstić information content (AvgIpc) is 2.45. The highest BCUT2D eigenvalue weighted by atomic mass is 35.5. The monoisotopic (exact) mass is 290 g/mol. The lowest BCUT2D eigenvalue weighted by atomic mass is 10.00. The summed E-state index contributed by atoms with van der Waals surface area (Å²) in [5, 5.41) is 0.551. The van der Waals surface area contributed by atoms with Crippen LogP contribution in [0.4, 0.5) is 0 Å². The normalized spacial score (nSPS) is 13.8. The molecule has 0 saturated carbocycles. The van der Waals surface area contributed by atoms with Gasteiger partial charge in [-0.3, -0.25) is 4.98 Å². The minimum absolute atomic E-state index is 0.0864. The molecule has 0 spiro atoms. The first-order valence-electron chi connectivity index (χ1n) is 6.69. The van der Waals surface area contributed by atoms with Gasteiger partial charge in [-0.1, -0.05) is 48.4 Å². The summed E-state index contributed by atoms with van der Waals surface area (Å²) >= 11 is 5.93. The molecule has 2 unspecified atom stereocenters. The first kappa shape index (κ1) is 14.8. The van der Waals surface area contributed by atoms with E-state index in [1.54, 1.807) is 18.5 Å². The molecule has 0 amide bonds. The van der Waals surface area contributed by atoms with Gasteiger partial charge in [0.15, 0.2) is 0 Å². The molecule has 2 atom stereocenters. The molecule has 2 N–H and O–H groups in total. The number of rotatable bonds is 5. The van der Waals surface area contributed by atoms with Crippen LogP contribution in [0.3, 0.4) is 0 Å². The van der Waals surface area contributed by atoms with Gasteiger partial charge in [0, 0.05) is 18.3 Å². The van der Waals surface area contributed by atoms with Crippen molar-refractivity contribution in [1.29, 1.82) is 0 Å². The van der Waals surface area contributed by atoms with E-state index in [-0.39, 0.29) is 12.1 Å². The zero-order valence-electron chi connectivity index (χ0n) is 11.7. The molecule has 0 bridgehead atoms. The molecule has 3 nitrogen and oxygen atoms in total. The van der Waals surface area contributed by atoms with Gasteiger partial charge in [0.05, 0.1) is 11.2 Å². The number of aromatic nitrogens is 1. The van der Waals surface area contributed by atoms with Crippen LogP contribution >= 0.6 is 11.6 Å². The molecule has 0 radical (unpaired) electrons. The van der Waals surface area contributed by atoms with Crippen molar-refractivity contribution in [3.63, 3.8) is 0 Å². The van der Waals surface area contributed by atoms with Gasteiger partial charge in [-0.25, -0.2) is 0 Å². The molecule has 4 heteroatoms. The third-order valence-corrected chi connectivity index (χ3v) is 3.42. The Hall–Kier alpha value is -1.58. The molecule has 0 aliphatic carbocycles. The molecule has 20 heavy (non-hydrogen) atoms. The van der Waals surface area contributed by atoms with E-state index in [0.717, 1.165) is 12.0 Å². The summed E-state index contributed by atoms with van der Waals surface area (Å²) in [7, 11) is 0. The lowest BCUT2D eigenvalue weighted by Gasteiger charge is -2.24. The number of nitrogens with two attached hydrogens (primary N) is 1. The van der Waals surface area contributed by atoms with E-state index in [1.807, 2.05) is 19.1 Å². The Kier molecular flexibility index (Phi) is 4.99. The van der Waals surface area contributed by atoms with Crippen molar-refractivity contribution in [2.75, 3.05) is 0 Å². The maximum absolute atomic E-state index is 6.19. The molecule has 0 aliphatic heterocycles. The van der Waals surface area contributed by atoms with E-state index in [9.17, 15) is 0 Å². The van der Waals surface area contributed by atoms with Crippen molar-refractivity contribution in [3.05, 3.63) is 58.9 Å². The van der Waals surface area contributed by atoms with Gasteiger partial charge in [-0.05, 0) is 18.9 Å². The van der Waals surface area contributed by atoms with E-state index in [1.165, 1.54) is 5.56 Å². The van der Waals surface area contributed by atoms with E-state index in [4.69, 9.17) is 22.1 Å². The third kappa shape index (κ3) is 3.71. The fourth-order valence-electron chi connectivity index (χ4n) is 1.98. The summed E-state index contributed by atoms with van der Waals surface area (Å²) in [5.41, 5.74) is 8.47. The van der Waals surface area contributed by atoms with Crippen molar-refractivity contribution >= 4 is 11.6 Å². The average molecular weight is 291 g/mol. The lowest BCUT2D eigenvalue weighted by molar-refractivity contribution is 0.170. The van der Waals surface area contributed by atoms with E-state index in [2.05, 4.69) is 24.0 Å². The topological polar surface area (TPSA) is 48.1 Å². The summed E-state index contributed by atoms with van der Waals surface area (Å²) < 4.78 is 6.00. The SMILES string of the molecule is CCC(N)C(Oc1cncc(Cl)c1)c1ccc(C)cc1. The molecular formula is C16H19ClN2O. The number of ether oxygens (including phenoxy) is 1. The molecule has 1 heterocycles. The van der Waals surface area contributed by atoms with Crippen LogP contribution in [0.15, 0.2) is 42.7 Å². The zero-order chi connectivity index (χ0) is 14.5. The second-order valence-electron chi connectivity index (χ2n) is 4.86. The van der Waals surface area contributed by atoms with Crippen molar-refractivity contribution < 1.29 is 4.74 Å². The first-order chi connectivity index (χ1) is 9.60. The highest BCUT2D eigenvalue weighted by molar-refractivity contribution is 6.30. The second kappa shape index (κ2) is 6.73. The molecule has 2 aromatic rings. The summed E-state index contributed by atoms with van der Waals surface area (Å²) in [6, 6.07) is 9.88. The van der Waals surface area contributed by atoms with Gasteiger partial charge in [0.25, 0.3) is 0 Å². The predicted molar refractivity (Wildman–Crippen MR) is 82.1 cm³/mol. The molecule has 0 aliphatic rings. The first-order valence-corrected chi connectivity index (χ1v) is 7.07. The van der Waals surface area contributed by atoms with Gasteiger partial charge in [0.1, 0.15) is 11.9 Å². The Labute approximate surface area is 124 Å². The fourth-order valence-corrected chi connectivity index (χ4v) is 2.14. The molecular weight excluding hydrogens is 272 g/mol. The number of nitrogens with zero attached hydrogens (tertiary/aromatic N) is 1. The standard InChI is InChI=1S/C16H19ClN2O/c1-3-15(18)16(12-6-4-11(2)5-7-12)20-14-8-13(17)9-19-10-14/h4-10,15-16H,3,18H2,1-2H3. The number of aryl methyl sites for hydroxylation is 1. The minimum atomic E-state index is -0.208. The van der Waals surface area contributed by atoms with Crippen LogP contribution < -0.4 is 10.5 Å². The van der Waals surface area contributed by atoms with Crippen LogP contribution in [-0.4, -0.2) is 11.0 Å². The lowest BCUT2D eigenvalue weighted by Crippen LogP contribution is -2.31. The quantitative estimate of drug-likeness (QED) is 0.908. The highest BCUT2D eigenvalue weighted by Gasteiger charge is 2.20. The summed E-state index contributed by atoms with van der Waals surface area (Å²) in [5.74, 6) is 0.631. The van der Waals surface area contributed by atoms with Crippen LogP contribution in [0.1, 0.15) is 30.6 Å². The Balaban J connectivity index is 2.26. The van der Waals surface area contributed by atoms with E-state index in [0.29, 0.717) is 10.8 Å². The summed E-state index contributed by atoms with van der Waals surface area (Å²) in [6.45, 7) is 4.10. The van der Waals surface area contributed by atoms with Crippen LogP contribution in [0.5, 0.6) is 5.75 Å². The molecule has 2 rings (SSSR count). The Morgan fingerprint density at radius 1 is 1.25 bits per heavy atom. The summed E-state index contributed by atoms with van der Waals surface area (Å²) in [6.07, 6.45) is 3.85. The van der Waals surface area contributed by atoms with Crippen molar-refractivity contribution in [1.82, 2.24) is 4.98 Å². The molecule has 0 fully saturated rings. The Morgan fingerprint density at radius 2 is 1.95 bits per heavy atom. The van der Waals surface area contributed by atoms with E-state index < -0.39 is 0 Å². The van der Waals surface area contributed by atoms with Crippen LogP contribution in [-0.2, 0) is 0 Å². The number of hydrogen-bond acceptors (Lipinski definition) is 3. The van der Waals surface area contributed by atoms with Crippen LogP contribution in [0.25, 0.3) is 0 Å². The van der Waals surface area contributed by atoms with Crippen LogP contribution in [0.2, 0.25) is 5.02 Å². The number of benzene rings is 1. The smallest absolute Gasteiger partial charge is 0.140 e. The molecule has 1 aromatic heterocycles. The van der Waals surface area contributed by atoms with Gasteiger partial charge in [-0.2, -0.15) is 0 Å². The number of hydrogen-bond donors (Lipinski definition) is 1. The fraction of sp³-hybridized carbons (Fsp3) is 0.312. The zero-order valence-corrected chi connectivity index (χ0v) is 12.5. The third-order valence-electron chi connectivity index (χ3n) is 3.21. The largest absolute Gasteiger partial charge is 0.482 e. The predicted octanol–water partition coefficient (Wildman–Crippen LogP) is 3.90. The number of pyridine rings is 1. The van der Waals surface area contributed by atoms with E-state index >= 15 is 0 Å². The maximum atomic E-state index is 6.19. The van der Waals surface area contributed by atoms with Gasteiger partial charge < -0.3 is 10.5 Å². The van der Waals surface area contributed by atoms with Gasteiger partial charge >= 0.3 is 0 Å². The van der Waals surface area contributed by atoms with Crippen molar-refractivity contribution in [3.8, 4) is 5.75 Å². The van der Waals surface area contributed by atoms with Crippen molar-refractivity contribution in [2.45, 2.75) is 32.4 Å². The van der Waals surface area contributed by atoms with Gasteiger partial charge in [-0.15, -0.1) is 0 Å². The number of halogens is 1. The Morgan fingerprint density at radius 3 is 2.55 bits per heavy atom. The molecule has 106 valence electrons. The minimum Gasteiger partial charge on any atom is -0.482 e. The molecule has 1 aromatic carbocycles. The van der Waals surface area contributed by atoms with Crippen LogP contribution in [0, 0.1) is 6.92 Å². The second-order valence-corrected chi connectivity index (χ2v) is 5.30. The van der Waals surface area contributed by atoms with Gasteiger partial charge in [0.2, 0.25) is 0 Å².